The summed E-state index contributed by atoms with van der Waals surface area (Å²) in [6.07, 6.45) is 11.1. The van der Waals surface area contributed by atoms with Gasteiger partial charge in [0.2, 0.25) is 11.7 Å². The number of amides is 1. The Kier molecular flexibility index (Phi) is 48.6. The highest BCUT2D eigenvalue weighted by atomic mass is 127. The second kappa shape index (κ2) is 57.9. The lowest BCUT2D eigenvalue weighted by atomic mass is 10.00. The van der Waals surface area contributed by atoms with Gasteiger partial charge in [0.05, 0.1) is 103 Å². The SMILES string of the molecule is C.CCCC[N+](CCCC)(CCCC)CCCC.CI.CI.COc1cc(-c2nn[nH]n2)cc2sc(N3CCN(Cc4c(-c5c(Cl)cccc5Cl)noc4C(C)C)CC3)nc12.COc1cc(C#N)cc2sc(N3CCN(Cc4c(-c5c(Cl)cccc5Cl)noc4C(C)C)CC3)nc12.COc1cc(C(N)=O)cc2sc(N3CCN(Cc4c(-c5c(Cl)cccc5Cl)noc4C(C)C)CC3)nc12.C[Si](C)(C)N=[N+]=[N-].[F-]. The maximum Gasteiger partial charge on any atom is 0.248 e. The summed E-state index contributed by atoms with van der Waals surface area (Å²) in [5.41, 5.74) is 24.9. The maximum absolute atomic E-state index is 11.7. The second-order valence-electron chi connectivity index (χ2n) is 36.0. The number of quaternary nitrogens is 1. The lowest BCUT2D eigenvalue weighted by Gasteiger charge is -2.39. The molecule has 3 aliphatic rings. The third-order valence-electron chi connectivity index (χ3n) is 24.0. The molecule has 0 bridgehead atoms. The van der Waals surface area contributed by atoms with Crippen LogP contribution in [0.25, 0.3) is 86.3 Å². The number of nitrogens with one attached hydrogen (secondary N) is 1. The Morgan fingerprint density at radius 2 is 0.845 bits per heavy atom. The fourth-order valence-electron chi connectivity index (χ4n) is 16.7. The number of aromatic amines is 1. The summed E-state index contributed by atoms with van der Waals surface area (Å²) in [6.45, 7) is 45.7. The van der Waals surface area contributed by atoms with Crippen LogP contribution in [0.4, 0.5) is 15.4 Å². The number of anilines is 3. The van der Waals surface area contributed by atoms with Crippen LogP contribution < -0.4 is 39.3 Å². The quantitative estimate of drug-likeness (QED) is 0.00734. The summed E-state index contributed by atoms with van der Waals surface area (Å²) in [7, 11) is 3.37. The molecule has 3 N–H and O–H groups in total. The van der Waals surface area contributed by atoms with E-state index in [2.05, 4.69) is 196 Å². The maximum atomic E-state index is 11.7. The zero-order chi connectivity index (χ0) is 102. The predicted molar refractivity (Wildman–Crippen MR) is 604 cm³/mol. The van der Waals surface area contributed by atoms with Gasteiger partial charge >= 0.3 is 0 Å². The summed E-state index contributed by atoms with van der Waals surface area (Å²) in [5, 5.41) is 43.0. The molecule has 3 fully saturated rings. The first kappa shape index (κ1) is 119. The third kappa shape index (κ3) is 31.0. The number of piperazine rings is 3. The number of carbonyl (C=O) groups excluding carboxylic acids is 1. The molecule has 42 heteroatoms. The van der Waals surface area contributed by atoms with Gasteiger partial charge in [0.25, 0.3) is 0 Å². The number of unbranched alkanes of at least 4 members (excludes halogenated alkanes) is 4. The third-order valence-corrected chi connectivity index (χ3v) is 29.8. The lowest BCUT2D eigenvalue weighted by molar-refractivity contribution is -0.929. The van der Waals surface area contributed by atoms with Gasteiger partial charge in [-0.15, -0.1) is 15.0 Å². The standard InChI is InChI=1S/C26H26Cl2N8O2S.C26H27Cl2N5O3S.C26H25Cl2N5O2S.C16H36N.C3H9N3Si.2CH3I.CH4.FH/c1-14(2)24-16(22(32-38-24)21-17(27)5-4-6-18(21)28)13-35-7-9-36(10-8-35)26-29-23-19(37-3)11-15(12-20(23)39-26)25-30-33-34-31-25;1-14(2)24-16(22(31-36-24)21-17(27)5-4-6-18(21)28)13-32-7-9-33(10-8-32)26-30-23-19(35-3)11-15(25(29)34)12-20(23)37-26;1-15(2)25-17(23(31-35-25)22-18(27)5-4-6-19(22)28)14-32-7-9-33(10-8-32)26-30-24-20(34-3)11-16(13-29)12-21(24)36-26;1-5-9-13-17(14-10-6-2,15-11-7-3)16-12-8-4;1-7(2,3)6-5-4;2*1-2;;/h4-6,11-12,14H,7-10,13H2,1-3H3,(H,30,31,33,34);4-6,11-12,14H,7-10,13H2,1-3H3,(H2,29,34);4-6,11-12,15H,7-10,14H2,1-3H3;5-16H2,1-4H3;1-3H3;2*1H3;1H4;1H/q;;;+1;;;;;/p-1. The van der Waals surface area contributed by atoms with Crippen molar-refractivity contribution in [2.45, 2.75) is 185 Å². The lowest BCUT2D eigenvalue weighted by Crippen LogP contribution is -3.00. The minimum absolute atomic E-state index is 0. The average Bonchev–Trinajstić information content (AvgIpc) is 1.65. The molecule has 16 rings (SSSR count). The van der Waals surface area contributed by atoms with Gasteiger partial charge in [-0.3, -0.25) is 19.5 Å². The van der Waals surface area contributed by atoms with Crippen molar-refractivity contribution in [3.05, 3.63) is 177 Å². The summed E-state index contributed by atoms with van der Waals surface area (Å²) in [5.74, 6) is 4.98. The number of rotatable bonds is 33. The van der Waals surface area contributed by atoms with Gasteiger partial charge in [0.1, 0.15) is 76.4 Å². The summed E-state index contributed by atoms with van der Waals surface area (Å²) in [6, 6.07) is 29.5. The highest BCUT2D eigenvalue weighted by Gasteiger charge is 2.34. The summed E-state index contributed by atoms with van der Waals surface area (Å²) < 4.78 is 41.8. The highest BCUT2D eigenvalue weighted by molar-refractivity contribution is 14.1. The van der Waals surface area contributed by atoms with Crippen LogP contribution in [0.15, 0.2) is 109 Å². The Bertz CT molecular complexity index is 6170. The van der Waals surface area contributed by atoms with Crippen LogP contribution in [0.3, 0.4) is 0 Å². The fourth-order valence-corrected chi connectivity index (χ4v) is 22.0. The monoisotopic (exact) mass is 2360 g/mol. The first-order chi connectivity index (χ1) is 67.4. The average molecular weight is 2370 g/mol. The number of nitriles is 1. The molecule has 29 nitrogen and oxygen atoms in total. The molecule has 10 heterocycles. The Balaban J connectivity index is 0.000000229. The van der Waals surface area contributed by atoms with Gasteiger partial charge in [0.15, 0.2) is 15.4 Å². The van der Waals surface area contributed by atoms with E-state index in [1.165, 1.54) is 93.4 Å². The van der Waals surface area contributed by atoms with E-state index in [9.17, 15) is 10.1 Å². The molecule has 0 atom stereocenters. The van der Waals surface area contributed by atoms with E-state index >= 15 is 0 Å². The molecule has 7 aromatic heterocycles. The molecule has 0 saturated carbocycles. The van der Waals surface area contributed by atoms with Crippen molar-refractivity contribution in [1.29, 1.82) is 5.26 Å². The van der Waals surface area contributed by atoms with E-state index in [0.29, 0.717) is 118 Å². The number of nitrogens with two attached hydrogens (primary N) is 1. The van der Waals surface area contributed by atoms with Gasteiger partial charge in [0, 0.05) is 166 Å². The number of azide groups is 1. The van der Waals surface area contributed by atoms with Crippen molar-refractivity contribution in [2.24, 2.45) is 10.5 Å². The number of thiazole rings is 3. The van der Waals surface area contributed by atoms with Crippen molar-refractivity contribution in [2.75, 3.05) is 151 Å². The van der Waals surface area contributed by atoms with Crippen LogP contribution in [0, 0.1) is 11.3 Å². The van der Waals surface area contributed by atoms with Crippen molar-refractivity contribution in [1.82, 2.24) is 65.7 Å². The molecule has 1 amide bonds. The molecule has 13 aromatic rings. The van der Waals surface area contributed by atoms with E-state index in [1.807, 2.05) is 102 Å². The summed E-state index contributed by atoms with van der Waals surface area (Å²) in [4.78, 5) is 47.0. The molecular formula is C100H133Cl6FI2N22O7S3Si. The van der Waals surface area contributed by atoms with E-state index < -0.39 is 14.1 Å². The largest absolute Gasteiger partial charge is 1.00 e. The Morgan fingerprint density at radius 3 is 1.12 bits per heavy atom. The van der Waals surface area contributed by atoms with E-state index in [4.69, 9.17) is 124 Å². The molecule has 770 valence electrons. The smallest absolute Gasteiger partial charge is 0.248 e. The number of fused-ring (bicyclic) bond motifs is 3. The molecule has 142 heavy (non-hydrogen) atoms. The van der Waals surface area contributed by atoms with Crippen LogP contribution >= 0.6 is 149 Å². The zero-order valence-electron chi connectivity index (χ0n) is 83.5. The van der Waals surface area contributed by atoms with E-state index in [0.717, 1.165) is 164 Å². The molecule has 6 aromatic carbocycles. The van der Waals surface area contributed by atoms with Gasteiger partial charge in [-0.05, 0) is 118 Å². The van der Waals surface area contributed by atoms with Crippen molar-refractivity contribution in [3.63, 3.8) is 0 Å². The Hall–Kier alpha value is -8.05. The predicted octanol–water partition coefficient (Wildman–Crippen LogP) is 25.2. The molecular weight excluding hydrogens is 2230 g/mol. The topological polar surface area (TPSA) is 334 Å². The zero-order valence-corrected chi connectivity index (χ0v) is 95.8. The highest BCUT2D eigenvalue weighted by Crippen LogP contribution is 2.46. The summed E-state index contributed by atoms with van der Waals surface area (Å²) >= 11 is 48.2. The van der Waals surface area contributed by atoms with E-state index in [1.54, 1.807) is 62.2 Å². The number of tetrazole rings is 1. The van der Waals surface area contributed by atoms with Crippen molar-refractivity contribution >= 4 is 209 Å². The number of hydrogen-bond acceptors (Lipinski definition) is 27. The molecule has 3 saturated heterocycles. The molecule has 0 spiro atoms. The minimum Gasteiger partial charge on any atom is -1.00 e. The van der Waals surface area contributed by atoms with Crippen LogP contribution in [0.1, 0.15) is 196 Å². The van der Waals surface area contributed by atoms with E-state index in [-0.39, 0.29) is 29.9 Å². The van der Waals surface area contributed by atoms with Gasteiger partial charge < -0.3 is 57.4 Å². The Labute approximate surface area is 904 Å². The molecule has 3 aliphatic heterocycles. The molecule has 0 unspecified atom stereocenters. The number of primary amides is 1. The first-order valence-corrected chi connectivity index (χ1v) is 59.6. The fraction of sp³-hybridized carbons (Fsp3) is 0.490. The van der Waals surface area contributed by atoms with Crippen LogP contribution in [0.2, 0.25) is 49.8 Å². The molecule has 0 radical (unpaired) electrons. The number of alkyl halides is 2. The van der Waals surface area contributed by atoms with Gasteiger partial charge in [-0.1, -0.05) is 304 Å². The number of methoxy groups -OCH3 is 3. The van der Waals surface area contributed by atoms with Crippen molar-refractivity contribution in [3.8, 4) is 68.5 Å². The minimum atomic E-state index is -1.45. The number of hydrogen-bond donors (Lipinski definition) is 2. The number of halogens is 9. The number of nitrogens with zero attached hydrogens (tertiary/aromatic N) is 20. The number of carbonyl (C=O) groups is 1. The van der Waals surface area contributed by atoms with Crippen LogP contribution in [0.5, 0.6) is 17.2 Å². The number of aromatic nitrogens is 10. The number of ether oxygens (including phenoxy) is 3. The van der Waals surface area contributed by atoms with Gasteiger partial charge in [-0.2, -0.15) is 10.5 Å². The van der Waals surface area contributed by atoms with Crippen LogP contribution in [-0.2, 0) is 19.6 Å². The van der Waals surface area contributed by atoms with Gasteiger partial charge in [-0.25, -0.2) is 15.0 Å². The molecule has 0 aliphatic carbocycles. The number of H-pyrrole nitrogens is 1. The first-order valence-electron chi connectivity index (χ1n) is 47.2. The normalized spacial score (nSPS) is 13.5. The van der Waals surface area contributed by atoms with Crippen molar-refractivity contribution < 1.29 is 41.8 Å². The second-order valence-corrected chi connectivity index (χ2v) is 46.0. The number of benzene rings is 6. The Morgan fingerprint density at radius 1 is 0.528 bits per heavy atom. The van der Waals surface area contributed by atoms with Crippen LogP contribution in [-0.4, -0.2) is 220 Å².